The molecule has 0 aliphatic heterocycles. The van der Waals surface area contributed by atoms with Crippen LogP contribution in [0.25, 0.3) is 0 Å². The number of thiophene rings is 1. The zero-order chi connectivity index (χ0) is 12.2. The smallest absolute Gasteiger partial charge is 0.253 e. The molecule has 0 aliphatic carbocycles. The SMILES string of the molecule is COCC(C)(C#N)NC(=O)c1csc(I)c1. The van der Waals surface area contributed by atoms with Crippen molar-refractivity contribution in [1.29, 1.82) is 5.26 Å². The zero-order valence-electron chi connectivity index (χ0n) is 8.91. The minimum atomic E-state index is -0.987. The first-order valence-electron chi connectivity index (χ1n) is 4.47. The summed E-state index contributed by atoms with van der Waals surface area (Å²) in [5, 5.41) is 13.4. The molecule has 1 aromatic heterocycles. The molecular formula is C10H11IN2O2S. The number of halogens is 1. The van der Waals surface area contributed by atoms with Crippen molar-refractivity contribution in [3.63, 3.8) is 0 Å². The third-order valence-corrected chi connectivity index (χ3v) is 3.69. The molecular weight excluding hydrogens is 339 g/mol. The Kier molecular flexibility index (Phi) is 4.70. The lowest BCUT2D eigenvalue weighted by atomic mass is 10.1. The molecule has 0 saturated carbocycles. The predicted octanol–water partition coefficient (Wildman–Crippen LogP) is 2.01. The Labute approximate surface area is 112 Å². The third kappa shape index (κ3) is 3.43. The van der Waals surface area contributed by atoms with Gasteiger partial charge in [-0.05, 0) is 35.6 Å². The van der Waals surface area contributed by atoms with Crippen molar-refractivity contribution in [3.05, 3.63) is 19.9 Å². The van der Waals surface area contributed by atoms with Crippen LogP contribution in [0.2, 0.25) is 0 Å². The normalized spacial score (nSPS) is 13.9. The van der Waals surface area contributed by atoms with Crippen LogP contribution in [0.1, 0.15) is 17.3 Å². The van der Waals surface area contributed by atoms with Crippen LogP contribution in [0.5, 0.6) is 0 Å². The Morgan fingerprint density at radius 2 is 2.50 bits per heavy atom. The van der Waals surface area contributed by atoms with E-state index < -0.39 is 5.54 Å². The Bertz CT molecular complexity index is 427. The first-order chi connectivity index (χ1) is 7.50. The molecule has 1 heterocycles. The van der Waals surface area contributed by atoms with Crippen molar-refractivity contribution in [2.45, 2.75) is 12.5 Å². The fourth-order valence-corrected chi connectivity index (χ4v) is 2.46. The molecule has 1 unspecified atom stereocenters. The number of nitriles is 1. The molecule has 4 nitrogen and oxygen atoms in total. The minimum Gasteiger partial charge on any atom is -0.381 e. The number of methoxy groups -OCH3 is 1. The highest BCUT2D eigenvalue weighted by atomic mass is 127. The van der Waals surface area contributed by atoms with Gasteiger partial charge in [0.25, 0.3) is 5.91 Å². The quantitative estimate of drug-likeness (QED) is 0.845. The molecule has 1 N–H and O–H groups in total. The van der Waals surface area contributed by atoms with Crippen LogP contribution in [-0.2, 0) is 4.74 Å². The predicted molar refractivity (Wildman–Crippen MR) is 70.4 cm³/mol. The second kappa shape index (κ2) is 5.61. The van der Waals surface area contributed by atoms with Gasteiger partial charge in [-0.3, -0.25) is 4.79 Å². The average molecular weight is 350 g/mol. The molecule has 0 aliphatic rings. The number of carbonyl (C=O) groups excluding carboxylic acids is 1. The Balaban J connectivity index is 2.74. The van der Waals surface area contributed by atoms with Gasteiger partial charge in [-0.25, -0.2) is 0 Å². The number of nitrogens with zero attached hydrogens (tertiary/aromatic N) is 1. The Morgan fingerprint density at radius 3 is 2.94 bits per heavy atom. The fraction of sp³-hybridized carbons (Fsp3) is 0.400. The molecule has 0 saturated heterocycles. The first kappa shape index (κ1) is 13.4. The van der Waals surface area contributed by atoms with Crippen molar-refractivity contribution >= 4 is 39.8 Å². The maximum atomic E-state index is 11.8. The number of amides is 1. The van der Waals surface area contributed by atoms with Gasteiger partial charge in [-0.1, -0.05) is 0 Å². The Morgan fingerprint density at radius 1 is 1.81 bits per heavy atom. The van der Waals surface area contributed by atoms with Gasteiger partial charge >= 0.3 is 0 Å². The lowest BCUT2D eigenvalue weighted by Crippen LogP contribution is -2.48. The zero-order valence-corrected chi connectivity index (χ0v) is 11.9. The van der Waals surface area contributed by atoms with Gasteiger partial charge in [0.15, 0.2) is 0 Å². The van der Waals surface area contributed by atoms with Gasteiger partial charge in [0.05, 0.1) is 21.1 Å². The topological polar surface area (TPSA) is 62.1 Å². The molecule has 86 valence electrons. The van der Waals surface area contributed by atoms with Gasteiger partial charge in [-0.2, -0.15) is 5.26 Å². The van der Waals surface area contributed by atoms with Crippen molar-refractivity contribution in [2.24, 2.45) is 0 Å². The van der Waals surface area contributed by atoms with E-state index in [1.807, 2.05) is 6.07 Å². The molecule has 1 rings (SSSR count). The summed E-state index contributed by atoms with van der Waals surface area (Å²) in [7, 11) is 1.50. The summed E-state index contributed by atoms with van der Waals surface area (Å²) >= 11 is 3.64. The maximum Gasteiger partial charge on any atom is 0.253 e. The summed E-state index contributed by atoms with van der Waals surface area (Å²) in [4.78, 5) is 11.8. The molecule has 0 spiro atoms. The molecule has 1 amide bonds. The first-order valence-corrected chi connectivity index (χ1v) is 6.43. The van der Waals surface area contributed by atoms with Crippen molar-refractivity contribution in [3.8, 4) is 6.07 Å². The summed E-state index contributed by atoms with van der Waals surface area (Å²) in [5.41, 5.74) is -0.411. The van der Waals surface area contributed by atoms with Crippen LogP contribution in [-0.4, -0.2) is 25.2 Å². The minimum absolute atomic E-state index is 0.163. The molecule has 1 aromatic rings. The standard InChI is InChI=1S/C10H11IN2O2S/c1-10(5-12,6-15-2)13-9(14)7-3-8(11)16-4-7/h3-4H,6H2,1-2H3,(H,13,14). The van der Waals surface area contributed by atoms with E-state index in [1.54, 1.807) is 18.4 Å². The lowest BCUT2D eigenvalue weighted by molar-refractivity contribution is 0.0860. The number of hydrogen-bond donors (Lipinski definition) is 1. The van der Waals surface area contributed by atoms with E-state index in [-0.39, 0.29) is 12.5 Å². The molecule has 6 heteroatoms. The summed E-state index contributed by atoms with van der Waals surface area (Å²) in [6.45, 7) is 1.79. The van der Waals surface area contributed by atoms with E-state index in [1.165, 1.54) is 18.4 Å². The van der Waals surface area contributed by atoms with Gasteiger partial charge in [-0.15, -0.1) is 11.3 Å². The highest BCUT2D eigenvalue weighted by Crippen LogP contribution is 2.17. The van der Waals surface area contributed by atoms with Crippen LogP contribution in [0.15, 0.2) is 11.4 Å². The van der Waals surface area contributed by atoms with Crippen LogP contribution >= 0.6 is 33.9 Å². The van der Waals surface area contributed by atoms with Gasteiger partial charge in [0.1, 0.15) is 5.54 Å². The van der Waals surface area contributed by atoms with Crippen LogP contribution in [0, 0.1) is 14.2 Å². The van der Waals surface area contributed by atoms with E-state index in [9.17, 15) is 4.79 Å². The second-order valence-electron chi connectivity index (χ2n) is 3.47. The van der Waals surface area contributed by atoms with E-state index in [0.717, 1.165) is 2.88 Å². The van der Waals surface area contributed by atoms with Crippen molar-refractivity contribution in [1.82, 2.24) is 5.32 Å². The second-order valence-corrected chi connectivity index (χ2v) is 6.28. The highest BCUT2D eigenvalue weighted by molar-refractivity contribution is 14.1. The summed E-state index contributed by atoms with van der Waals surface area (Å²) in [6, 6.07) is 3.81. The number of nitrogens with one attached hydrogen (secondary N) is 1. The van der Waals surface area contributed by atoms with E-state index in [4.69, 9.17) is 10.00 Å². The van der Waals surface area contributed by atoms with Crippen LogP contribution < -0.4 is 5.32 Å². The average Bonchev–Trinajstić information content (AvgIpc) is 2.65. The van der Waals surface area contributed by atoms with E-state index in [2.05, 4.69) is 27.9 Å². The monoisotopic (exact) mass is 350 g/mol. The third-order valence-electron chi connectivity index (χ3n) is 1.90. The molecule has 1 atom stereocenters. The van der Waals surface area contributed by atoms with Crippen molar-refractivity contribution < 1.29 is 9.53 Å². The molecule has 0 bridgehead atoms. The largest absolute Gasteiger partial charge is 0.381 e. The molecule has 0 aromatic carbocycles. The number of ether oxygens (including phenoxy) is 1. The molecule has 0 radical (unpaired) electrons. The molecule has 0 fully saturated rings. The molecule has 16 heavy (non-hydrogen) atoms. The van der Waals surface area contributed by atoms with Crippen LogP contribution in [0.3, 0.4) is 0 Å². The Hall–Kier alpha value is -0.650. The fourth-order valence-electron chi connectivity index (χ4n) is 1.14. The summed E-state index contributed by atoms with van der Waals surface area (Å²) < 4.78 is 5.94. The lowest BCUT2D eigenvalue weighted by Gasteiger charge is -2.21. The number of carbonyl (C=O) groups is 1. The van der Waals surface area contributed by atoms with Gasteiger partial charge < -0.3 is 10.1 Å². The maximum absolute atomic E-state index is 11.8. The summed E-state index contributed by atoms with van der Waals surface area (Å²) in [5.74, 6) is -0.250. The number of rotatable bonds is 4. The highest BCUT2D eigenvalue weighted by Gasteiger charge is 2.26. The van der Waals surface area contributed by atoms with Gasteiger partial charge in [0, 0.05) is 12.5 Å². The van der Waals surface area contributed by atoms with E-state index in [0.29, 0.717) is 5.56 Å². The summed E-state index contributed by atoms with van der Waals surface area (Å²) in [6.07, 6.45) is 0. The van der Waals surface area contributed by atoms with Crippen LogP contribution in [0.4, 0.5) is 0 Å². The van der Waals surface area contributed by atoms with Crippen molar-refractivity contribution in [2.75, 3.05) is 13.7 Å². The number of hydrogen-bond acceptors (Lipinski definition) is 4. The van der Waals surface area contributed by atoms with E-state index >= 15 is 0 Å². The van der Waals surface area contributed by atoms with Gasteiger partial charge in [0.2, 0.25) is 0 Å².